The number of carbonyl (C=O) groups is 1. The van der Waals surface area contributed by atoms with Crippen LogP contribution < -0.4 is 10.2 Å². The molecule has 8 heteroatoms. The maximum atomic E-state index is 12.4. The average molecular weight is 362 g/mol. The summed E-state index contributed by atoms with van der Waals surface area (Å²) in [6.07, 6.45) is 0.378. The van der Waals surface area contributed by atoms with E-state index in [9.17, 15) is 4.79 Å². The van der Waals surface area contributed by atoms with Crippen molar-refractivity contribution >= 4 is 23.2 Å². The van der Waals surface area contributed by atoms with Gasteiger partial charge in [0.1, 0.15) is 0 Å². The molecule has 0 bridgehead atoms. The van der Waals surface area contributed by atoms with Crippen LogP contribution in [0.5, 0.6) is 0 Å². The van der Waals surface area contributed by atoms with E-state index in [1.807, 2.05) is 12.1 Å². The first kappa shape index (κ1) is 16.5. The molecule has 2 atom stereocenters. The molecule has 1 aromatic carbocycles. The number of benzene rings is 1. The first-order chi connectivity index (χ1) is 12.1. The third-order valence-electron chi connectivity index (χ3n) is 4.88. The van der Waals surface area contributed by atoms with Crippen molar-refractivity contribution in [2.75, 3.05) is 38.1 Å². The largest absolute Gasteiger partial charge is 0.339 e. The Morgan fingerprint density at radius 2 is 2.12 bits per heavy atom. The van der Waals surface area contributed by atoms with Gasteiger partial charge in [-0.3, -0.25) is 9.69 Å². The van der Waals surface area contributed by atoms with Crippen LogP contribution in [0.25, 0.3) is 0 Å². The summed E-state index contributed by atoms with van der Waals surface area (Å²) in [4.78, 5) is 20.9. The molecular weight excluding hydrogens is 342 g/mol. The highest BCUT2D eigenvalue weighted by Gasteiger charge is 2.36. The number of likely N-dealkylation sites (N-methyl/N-ethyl adjacent to an activating group) is 1. The minimum atomic E-state index is -0.0775. The van der Waals surface area contributed by atoms with Crippen molar-refractivity contribution in [3.8, 4) is 0 Å². The van der Waals surface area contributed by atoms with E-state index in [1.165, 1.54) is 0 Å². The van der Waals surface area contributed by atoms with Crippen molar-refractivity contribution in [2.45, 2.75) is 18.4 Å². The fourth-order valence-corrected chi connectivity index (χ4v) is 3.51. The summed E-state index contributed by atoms with van der Waals surface area (Å²) in [7, 11) is 2.06. The van der Waals surface area contributed by atoms with Crippen LogP contribution in [-0.4, -0.2) is 54.2 Å². The van der Waals surface area contributed by atoms with E-state index in [0.717, 1.165) is 25.3 Å². The van der Waals surface area contributed by atoms with Crippen LogP contribution in [0.15, 0.2) is 28.8 Å². The normalized spacial score (nSPS) is 24.9. The summed E-state index contributed by atoms with van der Waals surface area (Å²) >= 11 is 5.92. The molecule has 1 aromatic heterocycles. The molecule has 2 saturated heterocycles. The number of nitrogens with one attached hydrogen (secondary N) is 1. The van der Waals surface area contributed by atoms with Crippen LogP contribution in [0.4, 0.5) is 5.69 Å². The van der Waals surface area contributed by atoms with Gasteiger partial charge in [-0.25, -0.2) is 0 Å². The number of amides is 1. The summed E-state index contributed by atoms with van der Waals surface area (Å²) < 4.78 is 5.49. The highest BCUT2D eigenvalue weighted by molar-refractivity contribution is 6.30. The minimum Gasteiger partial charge on any atom is -0.339 e. The molecule has 2 aliphatic rings. The topological polar surface area (TPSA) is 74.5 Å². The van der Waals surface area contributed by atoms with Gasteiger partial charge in [0.2, 0.25) is 11.8 Å². The molecule has 0 spiro atoms. The van der Waals surface area contributed by atoms with E-state index in [4.69, 9.17) is 16.1 Å². The van der Waals surface area contributed by atoms with Gasteiger partial charge in [-0.1, -0.05) is 16.8 Å². The molecule has 0 saturated carbocycles. The zero-order valence-electron chi connectivity index (χ0n) is 14.0. The molecule has 0 radical (unpaired) electrons. The zero-order chi connectivity index (χ0) is 17.4. The molecule has 2 aliphatic heterocycles. The maximum absolute atomic E-state index is 12.4. The highest BCUT2D eigenvalue weighted by Crippen LogP contribution is 2.32. The summed E-state index contributed by atoms with van der Waals surface area (Å²) in [6.45, 7) is 3.25. The van der Waals surface area contributed by atoms with Gasteiger partial charge in [0.05, 0.1) is 12.0 Å². The van der Waals surface area contributed by atoms with Crippen LogP contribution in [0.2, 0.25) is 5.02 Å². The molecule has 3 heterocycles. The first-order valence-corrected chi connectivity index (χ1v) is 8.80. The number of aromatic nitrogens is 2. The van der Waals surface area contributed by atoms with E-state index < -0.39 is 0 Å². The first-order valence-electron chi connectivity index (χ1n) is 8.42. The lowest BCUT2D eigenvalue weighted by Crippen LogP contribution is -2.44. The quantitative estimate of drug-likeness (QED) is 0.898. The Balaban J connectivity index is 1.50. The molecule has 7 nitrogen and oxygen atoms in total. The second-order valence-electron chi connectivity index (χ2n) is 6.57. The molecule has 132 valence electrons. The minimum absolute atomic E-state index is 0.0588. The molecule has 2 fully saturated rings. The smallest absolute Gasteiger partial charge is 0.232 e. The van der Waals surface area contributed by atoms with Gasteiger partial charge in [0, 0.05) is 43.3 Å². The Hall–Kier alpha value is -1.96. The van der Waals surface area contributed by atoms with Crippen LogP contribution in [0.3, 0.4) is 0 Å². The summed E-state index contributed by atoms with van der Waals surface area (Å²) in [5.74, 6) is 1.20. The van der Waals surface area contributed by atoms with Crippen molar-refractivity contribution < 1.29 is 9.32 Å². The van der Waals surface area contributed by atoms with Gasteiger partial charge in [0.25, 0.3) is 0 Å². The van der Waals surface area contributed by atoms with Crippen molar-refractivity contribution in [3.05, 3.63) is 41.0 Å². The monoisotopic (exact) mass is 361 g/mol. The van der Waals surface area contributed by atoms with Gasteiger partial charge < -0.3 is 14.7 Å². The Morgan fingerprint density at radius 3 is 2.88 bits per heavy atom. The summed E-state index contributed by atoms with van der Waals surface area (Å²) in [6, 6.07) is 7.38. The number of nitrogens with zero attached hydrogens (tertiary/aromatic N) is 4. The molecule has 25 heavy (non-hydrogen) atoms. The highest BCUT2D eigenvalue weighted by atomic mass is 35.5. The molecule has 2 aromatic rings. The van der Waals surface area contributed by atoms with Crippen molar-refractivity contribution in [1.29, 1.82) is 0 Å². The lowest BCUT2D eigenvalue weighted by atomic mass is 10.1. The number of rotatable bonds is 3. The third kappa shape index (κ3) is 3.27. The van der Waals surface area contributed by atoms with E-state index in [0.29, 0.717) is 29.7 Å². The SMILES string of the molecule is CN1CCNCC1c1noc(C2CC(=O)N(c3ccc(Cl)cc3)C2)n1. The van der Waals surface area contributed by atoms with Gasteiger partial charge in [-0.2, -0.15) is 4.98 Å². The van der Waals surface area contributed by atoms with Crippen molar-refractivity contribution in [2.24, 2.45) is 0 Å². The molecule has 0 aliphatic carbocycles. The number of hydrogen-bond acceptors (Lipinski definition) is 6. The van der Waals surface area contributed by atoms with E-state index in [-0.39, 0.29) is 17.9 Å². The number of carbonyl (C=O) groups excluding carboxylic acids is 1. The van der Waals surface area contributed by atoms with E-state index in [2.05, 4.69) is 27.4 Å². The van der Waals surface area contributed by atoms with Crippen molar-refractivity contribution in [3.63, 3.8) is 0 Å². The number of halogens is 1. The van der Waals surface area contributed by atoms with Gasteiger partial charge in [0.15, 0.2) is 5.82 Å². The van der Waals surface area contributed by atoms with Gasteiger partial charge in [-0.15, -0.1) is 0 Å². The van der Waals surface area contributed by atoms with E-state index in [1.54, 1.807) is 17.0 Å². The molecular formula is C17H20ClN5O2. The second-order valence-corrected chi connectivity index (χ2v) is 7.01. The standard InChI is InChI=1S/C17H20ClN5O2/c1-22-7-6-19-9-14(22)16-20-17(25-21-16)11-8-15(24)23(10-11)13-4-2-12(18)3-5-13/h2-5,11,14,19H,6-10H2,1H3. The summed E-state index contributed by atoms with van der Waals surface area (Å²) in [5.41, 5.74) is 0.841. The van der Waals surface area contributed by atoms with Crippen LogP contribution >= 0.6 is 11.6 Å². The average Bonchev–Trinajstić information content (AvgIpc) is 3.23. The molecule has 1 amide bonds. The van der Waals surface area contributed by atoms with Crippen LogP contribution in [0.1, 0.15) is 30.1 Å². The molecule has 4 rings (SSSR count). The third-order valence-corrected chi connectivity index (χ3v) is 5.13. The lowest BCUT2D eigenvalue weighted by Gasteiger charge is -2.30. The lowest BCUT2D eigenvalue weighted by molar-refractivity contribution is -0.117. The Morgan fingerprint density at radius 1 is 1.32 bits per heavy atom. The predicted octanol–water partition coefficient (Wildman–Crippen LogP) is 1.82. The Labute approximate surface area is 150 Å². The van der Waals surface area contributed by atoms with Crippen LogP contribution in [0, 0.1) is 0 Å². The number of hydrogen-bond donors (Lipinski definition) is 1. The Kier molecular flexibility index (Phi) is 4.45. The van der Waals surface area contributed by atoms with E-state index >= 15 is 0 Å². The number of anilines is 1. The fourth-order valence-electron chi connectivity index (χ4n) is 3.39. The molecule has 2 unspecified atom stereocenters. The zero-order valence-corrected chi connectivity index (χ0v) is 14.7. The van der Waals surface area contributed by atoms with Gasteiger partial charge in [-0.05, 0) is 31.3 Å². The Bertz CT molecular complexity index is 763. The summed E-state index contributed by atoms with van der Waals surface area (Å²) in [5, 5.41) is 8.15. The van der Waals surface area contributed by atoms with Crippen molar-refractivity contribution in [1.82, 2.24) is 20.4 Å². The van der Waals surface area contributed by atoms with Gasteiger partial charge >= 0.3 is 0 Å². The van der Waals surface area contributed by atoms with Crippen LogP contribution in [-0.2, 0) is 4.79 Å². The molecule has 1 N–H and O–H groups in total. The number of piperazine rings is 1. The maximum Gasteiger partial charge on any atom is 0.232 e. The second kappa shape index (κ2) is 6.74. The predicted molar refractivity (Wildman–Crippen MR) is 93.7 cm³/mol. The fraction of sp³-hybridized carbons (Fsp3) is 0.471.